The van der Waals surface area contributed by atoms with E-state index >= 15 is 0 Å². The normalized spacial score (nSPS) is 35.4. The molecule has 0 aromatic heterocycles. The van der Waals surface area contributed by atoms with Gasteiger partial charge in [0.25, 0.3) is 0 Å². The van der Waals surface area contributed by atoms with Crippen LogP contribution in [0, 0.1) is 23.7 Å². The Morgan fingerprint density at radius 3 is 2.52 bits per heavy atom. The minimum absolute atomic E-state index is 0.00468. The van der Waals surface area contributed by atoms with Crippen molar-refractivity contribution in [1.82, 2.24) is 0 Å². The monoisotopic (exact) mass is 350 g/mol. The molecule has 5 nitrogen and oxygen atoms in total. The third kappa shape index (κ3) is 3.46. The number of carbonyl (C=O) groups is 1. The van der Waals surface area contributed by atoms with E-state index < -0.39 is 17.3 Å². The maximum absolute atomic E-state index is 12.8. The van der Waals surface area contributed by atoms with Gasteiger partial charge in [-0.3, -0.25) is 4.79 Å². The largest absolute Gasteiger partial charge is 0.504 e. The molecule has 5 heteroatoms. The highest BCUT2D eigenvalue weighted by Crippen LogP contribution is 2.45. The Labute approximate surface area is 149 Å². The van der Waals surface area contributed by atoms with Crippen LogP contribution >= 0.6 is 0 Å². The van der Waals surface area contributed by atoms with Crippen LogP contribution in [0.5, 0.6) is 0 Å². The first kappa shape index (κ1) is 19.9. The predicted octanol–water partition coefficient (Wildman–Crippen LogP) is 2.29. The van der Waals surface area contributed by atoms with Gasteiger partial charge in [-0.2, -0.15) is 0 Å². The zero-order chi connectivity index (χ0) is 18.9. The van der Waals surface area contributed by atoms with Crippen LogP contribution in [-0.2, 0) is 4.79 Å². The average Bonchev–Trinajstić information content (AvgIpc) is 2.57. The molecule has 2 bridgehead atoms. The Balaban J connectivity index is 2.58. The van der Waals surface area contributed by atoms with Gasteiger partial charge in [-0.1, -0.05) is 26.0 Å². The van der Waals surface area contributed by atoms with Crippen molar-refractivity contribution in [3.8, 4) is 0 Å². The molecule has 2 aliphatic carbocycles. The number of carbonyl (C=O) groups excluding carboxylic acids is 1. The lowest BCUT2D eigenvalue weighted by Gasteiger charge is -2.43. The van der Waals surface area contributed by atoms with Crippen molar-refractivity contribution in [3.05, 3.63) is 34.6 Å². The summed E-state index contributed by atoms with van der Waals surface area (Å²) in [6.45, 7) is 7.10. The standard InChI is InChI=1S/C20H30O5/c1-11(6-8-21)16(10-22)15-9-20(25)7-5-12(2)17(14(20)4)19(24)18(23)13(15)3/h5,7,11,14-16,21-23,25H,6,8-10H2,1-4H3/b18-13+/t11-,14+,15?,16-,20-/m1/s1. The van der Waals surface area contributed by atoms with Gasteiger partial charge in [0.05, 0.1) is 5.60 Å². The van der Waals surface area contributed by atoms with E-state index in [-0.39, 0.29) is 36.7 Å². The van der Waals surface area contributed by atoms with Gasteiger partial charge >= 0.3 is 0 Å². The molecular weight excluding hydrogens is 320 g/mol. The third-order valence-electron chi connectivity index (χ3n) is 6.21. The molecule has 0 heterocycles. The molecule has 140 valence electrons. The number of allylic oxidation sites excluding steroid dienone is 4. The van der Waals surface area contributed by atoms with Gasteiger partial charge < -0.3 is 20.4 Å². The topological polar surface area (TPSA) is 98.0 Å². The zero-order valence-corrected chi connectivity index (χ0v) is 15.5. The van der Waals surface area contributed by atoms with Gasteiger partial charge in [0.1, 0.15) is 0 Å². The Kier molecular flexibility index (Phi) is 5.92. The molecule has 5 atom stereocenters. The molecule has 2 aliphatic rings. The summed E-state index contributed by atoms with van der Waals surface area (Å²) in [5.74, 6) is -1.79. The van der Waals surface area contributed by atoms with Crippen LogP contribution in [0.4, 0.5) is 0 Å². The van der Waals surface area contributed by atoms with Crippen LogP contribution < -0.4 is 0 Å². The molecule has 0 spiro atoms. The number of hydrogen-bond donors (Lipinski definition) is 4. The second kappa shape index (κ2) is 7.44. The minimum Gasteiger partial charge on any atom is -0.504 e. The Hall–Kier alpha value is -1.43. The van der Waals surface area contributed by atoms with E-state index in [1.165, 1.54) is 0 Å². The molecule has 0 aromatic rings. The fraction of sp³-hybridized carbons (Fsp3) is 0.650. The summed E-state index contributed by atoms with van der Waals surface area (Å²) < 4.78 is 0. The van der Waals surface area contributed by atoms with Crippen LogP contribution in [0.15, 0.2) is 34.6 Å². The molecule has 2 rings (SSSR count). The zero-order valence-electron chi connectivity index (χ0n) is 15.5. The first-order valence-electron chi connectivity index (χ1n) is 8.96. The number of aliphatic hydroxyl groups excluding tert-OH is 3. The van der Waals surface area contributed by atoms with Gasteiger partial charge in [0.15, 0.2) is 5.76 Å². The van der Waals surface area contributed by atoms with Crippen molar-refractivity contribution in [2.75, 3.05) is 13.2 Å². The summed E-state index contributed by atoms with van der Waals surface area (Å²) in [6, 6.07) is 0. The van der Waals surface area contributed by atoms with E-state index in [1.54, 1.807) is 32.9 Å². The van der Waals surface area contributed by atoms with E-state index in [9.17, 15) is 25.2 Å². The molecule has 0 amide bonds. The van der Waals surface area contributed by atoms with Crippen molar-refractivity contribution in [2.24, 2.45) is 23.7 Å². The second-order valence-electron chi connectivity index (χ2n) is 7.65. The first-order chi connectivity index (χ1) is 11.7. The van der Waals surface area contributed by atoms with E-state index in [4.69, 9.17) is 0 Å². The SMILES string of the molecule is CC1=C2C(=O)/C(O)=C(/C)C([C@H](CO)[C@H](C)CCO)C[C@](O)(C=C1)[C@H]2C. The van der Waals surface area contributed by atoms with E-state index in [0.29, 0.717) is 24.0 Å². The van der Waals surface area contributed by atoms with Crippen LogP contribution in [-0.4, -0.2) is 45.0 Å². The number of hydrogen-bond acceptors (Lipinski definition) is 5. The van der Waals surface area contributed by atoms with Gasteiger partial charge in [0, 0.05) is 24.7 Å². The second-order valence-corrected chi connectivity index (χ2v) is 7.65. The maximum Gasteiger partial charge on any atom is 0.223 e. The van der Waals surface area contributed by atoms with Gasteiger partial charge in [-0.15, -0.1) is 0 Å². The molecule has 25 heavy (non-hydrogen) atoms. The summed E-state index contributed by atoms with van der Waals surface area (Å²) in [7, 11) is 0. The molecule has 0 saturated heterocycles. The van der Waals surface area contributed by atoms with E-state index in [1.807, 2.05) is 6.92 Å². The van der Waals surface area contributed by atoms with Crippen molar-refractivity contribution in [2.45, 2.75) is 46.1 Å². The number of ketones is 1. The number of fused-ring (bicyclic) bond motifs is 2. The predicted molar refractivity (Wildman–Crippen MR) is 95.8 cm³/mol. The van der Waals surface area contributed by atoms with Crippen LogP contribution in [0.1, 0.15) is 40.5 Å². The van der Waals surface area contributed by atoms with Crippen molar-refractivity contribution in [3.63, 3.8) is 0 Å². The van der Waals surface area contributed by atoms with Crippen molar-refractivity contribution < 1.29 is 25.2 Å². The molecule has 0 fully saturated rings. The maximum atomic E-state index is 12.8. The molecule has 4 N–H and O–H groups in total. The summed E-state index contributed by atoms with van der Waals surface area (Å²) in [4.78, 5) is 12.8. The average molecular weight is 350 g/mol. The van der Waals surface area contributed by atoms with Gasteiger partial charge in [0.2, 0.25) is 5.78 Å². The molecule has 0 aliphatic heterocycles. The van der Waals surface area contributed by atoms with E-state index in [2.05, 4.69) is 0 Å². The molecular formula is C20H30O5. The minimum atomic E-state index is -1.20. The van der Waals surface area contributed by atoms with Crippen molar-refractivity contribution >= 4 is 5.78 Å². The first-order valence-corrected chi connectivity index (χ1v) is 8.96. The van der Waals surface area contributed by atoms with Crippen LogP contribution in [0.25, 0.3) is 0 Å². The molecule has 0 saturated carbocycles. The molecule has 0 aromatic carbocycles. The number of aliphatic hydroxyl groups is 4. The fourth-order valence-electron chi connectivity index (χ4n) is 4.30. The molecule has 0 radical (unpaired) electrons. The molecule has 1 unspecified atom stereocenters. The van der Waals surface area contributed by atoms with Crippen molar-refractivity contribution in [1.29, 1.82) is 0 Å². The van der Waals surface area contributed by atoms with Gasteiger partial charge in [-0.05, 0) is 55.6 Å². The Morgan fingerprint density at radius 1 is 1.32 bits per heavy atom. The van der Waals surface area contributed by atoms with E-state index in [0.717, 1.165) is 5.57 Å². The summed E-state index contributed by atoms with van der Waals surface area (Å²) in [5, 5.41) is 41.0. The summed E-state index contributed by atoms with van der Waals surface area (Å²) in [6.07, 6.45) is 4.30. The Morgan fingerprint density at radius 2 is 1.96 bits per heavy atom. The highest BCUT2D eigenvalue weighted by atomic mass is 16.3. The summed E-state index contributed by atoms with van der Waals surface area (Å²) >= 11 is 0. The fourth-order valence-corrected chi connectivity index (χ4v) is 4.30. The third-order valence-corrected chi connectivity index (χ3v) is 6.21. The lowest BCUT2D eigenvalue weighted by Crippen LogP contribution is -2.45. The quantitative estimate of drug-likeness (QED) is 0.610. The summed E-state index contributed by atoms with van der Waals surface area (Å²) in [5.41, 5.74) is 0.500. The van der Waals surface area contributed by atoms with Crippen LogP contribution in [0.2, 0.25) is 0 Å². The van der Waals surface area contributed by atoms with Crippen LogP contribution in [0.3, 0.4) is 0 Å². The highest BCUT2D eigenvalue weighted by molar-refractivity contribution is 6.08. The number of Topliss-reactive ketones (excluding diaryl/α,β-unsaturated/α-hetero) is 1. The lowest BCUT2D eigenvalue weighted by atomic mass is 9.64. The smallest absolute Gasteiger partial charge is 0.223 e. The number of rotatable bonds is 5. The lowest BCUT2D eigenvalue weighted by molar-refractivity contribution is -0.117. The van der Waals surface area contributed by atoms with Gasteiger partial charge in [-0.25, -0.2) is 0 Å². The highest BCUT2D eigenvalue weighted by Gasteiger charge is 2.46. The Bertz CT molecular complexity index is 630.